The number of likely N-dealkylation sites (N-methyl/N-ethyl adjacent to an activating group) is 2. The smallest absolute Gasteiger partial charge is 0.227 e. The van der Waals surface area contributed by atoms with Gasteiger partial charge in [0.25, 0.3) is 0 Å². The number of anilines is 4. The van der Waals surface area contributed by atoms with Crippen LogP contribution in [-0.2, 0) is 7.05 Å². The lowest BCUT2D eigenvalue weighted by molar-refractivity contribution is 0.416. The number of hydrogen-bond acceptors (Lipinski definition) is 7. The Kier molecular flexibility index (Phi) is 6.76. The molecule has 2 aromatic carbocycles. The Labute approximate surface area is 199 Å². The van der Waals surface area contributed by atoms with Crippen molar-refractivity contribution in [1.29, 1.82) is 0 Å². The number of nitrogens with one attached hydrogen (secondary N) is 1. The number of aryl methyl sites for hydroxylation is 1. The molecule has 4 aromatic rings. The van der Waals surface area contributed by atoms with Crippen LogP contribution in [0.5, 0.6) is 0 Å². The van der Waals surface area contributed by atoms with Crippen LogP contribution in [0.3, 0.4) is 0 Å². The first kappa shape index (κ1) is 22.9. The molecule has 8 heteroatoms. The van der Waals surface area contributed by atoms with Crippen LogP contribution in [-0.4, -0.2) is 59.9 Å². The average Bonchev–Trinajstić information content (AvgIpc) is 3.14. The second-order valence-corrected chi connectivity index (χ2v) is 9.25. The fourth-order valence-electron chi connectivity index (χ4n) is 3.89. The molecule has 0 aliphatic carbocycles. The van der Waals surface area contributed by atoms with Crippen molar-refractivity contribution in [3.63, 3.8) is 0 Å². The summed E-state index contributed by atoms with van der Waals surface area (Å²) in [6.07, 6.45) is 5.96. The van der Waals surface area contributed by atoms with Gasteiger partial charge in [0, 0.05) is 60.9 Å². The fourth-order valence-corrected chi connectivity index (χ4v) is 4.45. The van der Waals surface area contributed by atoms with E-state index in [2.05, 4.69) is 95.6 Å². The molecule has 3 N–H and O–H groups in total. The van der Waals surface area contributed by atoms with Crippen LogP contribution in [0, 0.1) is 0 Å². The number of nitrogens with two attached hydrogens (primary N) is 1. The molecule has 0 radical (unpaired) electrons. The lowest BCUT2D eigenvalue weighted by Crippen LogP contribution is -2.29. The maximum absolute atomic E-state index is 6.44. The normalized spacial score (nSPS) is 11.3. The molecular weight excluding hydrogens is 430 g/mol. The zero-order chi connectivity index (χ0) is 23.5. The third kappa shape index (κ3) is 4.91. The summed E-state index contributed by atoms with van der Waals surface area (Å²) in [6.45, 7) is 1.85. The van der Waals surface area contributed by atoms with E-state index < -0.39 is 0 Å². The summed E-state index contributed by atoms with van der Waals surface area (Å²) in [7, 11) is 8.27. The van der Waals surface area contributed by atoms with Gasteiger partial charge in [0.05, 0.1) is 22.8 Å². The minimum absolute atomic E-state index is 0.545. The van der Waals surface area contributed by atoms with Crippen molar-refractivity contribution in [2.45, 2.75) is 4.90 Å². The van der Waals surface area contributed by atoms with Crippen LogP contribution in [0.25, 0.3) is 22.2 Å². The number of thioether (sulfide) groups is 1. The Bertz CT molecular complexity index is 1270. The summed E-state index contributed by atoms with van der Waals surface area (Å²) >= 11 is 1.67. The first-order valence-electron chi connectivity index (χ1n) is 10.8. The number of fused-ring (bicyclic) bond motifs is 1. The Morgan fingerprint density at radius 1 is 1.09 bits per heavy atom. The molecule has 0 fully saturated rings. The molecule has 2 heterocycles. The number of benzene rings is 2. The minimum atomic E-state index is 0.545. The molecule has 0 unspecified atom stereocenters. The summed E-state index contributed by atoms with van der Waals surface area (Å²) in [6, 6.07) is 14.4. The summed E-state index contributed by atoms with van der Waals surface area (Å²) < 4.78 is 2.12. The van der Waals surface area contributed by atoms with Crippen molar-refractivity contribution < 1.29 is 0 Å². The van der Waals surface area contributed by atoms with Crippen LogP contribution in [0.15, 0.2) is 59.8 Å². The zero-order valence-electron chi connectivity index (χ0n) is 19.8. The van der Waals surface area contributed by atoms with Gasteiger partial charge in [-0.25, -0.2) is 9.97 Å². The van der Waals surface area contributed by atoms with Crippen molar-refractivity contribution in [2.75, 3.05) is 56.4 Å². The van der Waals surface area contributed by atoms with Gasteiger partial charge in [-0.05, 0) is 44.6 Å². The van der Waals surface area contributed by atoms with Crippen LogP contribution in [0.4, 0.5) is 23.0 Å². The van der Waals surface area contributed by atoms with Gasteiger partial charge < -0.3 is 25.4 Å². The van der Waals surface area contributed by atoms with E-state index in [0.29, 0.717) is 5.95 Å². The highest BCUT2D eigenvalue weighted by Crippen LogP contribution is 2.36. The average molecular weight is 462 g/mol. The molecule has 0 saturated heterocycles. The van der Waals surface area contributed by atoms with Gasteiger partial charge in [0.15, 0.2) is 0 Å². The van der Waals surface area contributed by atoms with Gasteiger partial charge in [0.1, 0.15) is 0 Å². The Morgan fingerprint density at radius 2 is 1.88 bits per heavy atom. The van der Waals surface area contributed by atoms with E-state index in [0.717, 1.165) is 46.3 Å². The van der Waals surface area contributed by atoms with Gasteiger partial charge in [-0.3, -0.25) is 0 Å². The van der Waals surface area contributed by atoms with E-state index >= 15 is 0 Å². The standard InChI is InChI=1S/C25H31N7S/c1-30(2)12-13-31(3)23-15-24(33-5)21(14-19(23)26)29-25-27-11-10-20(28-25)18-16-32(4)22-9-7-6-8-17(18)22/h6-11,14-16H,12-13,26H2,1-5H3,(H,27,28,29). The monoisotopic (exact) mass is 461 g/mol. The van der Waals surface area contributed by atoms with Crippen molar-refractivity contribution in [1.82, 2.24) is 19.4 Å². The molecule has 0 aliphatic heterocycles. The first-order valence-corrected chi connectivity index (χ1v) is 12.1. The highest BCUT2D eigenvalue weighted by atomic mass is 32.2. The van der Waals surface area contributed by atoms with Gasteiger partial charge >= 0.3 is 0 Å². The summed E-state index contributed by atoms with van der Waals surface area (Å²) in [5, 5.41) is 4.56. The van der Waals surface area contributed by atoms with Crippen molar-refractivity contribution in [2.24, 2.45) is 7.05 Å². The highest BCUT2D eigenvalue weighted by molar-refractivity contribution is 7.98. The van der Waals surface area contributed by atoms with Crippen LogP contribution in [0.2, 0.25) is 0 Å². The van der Waals surface area contributed by atoms with E-state index in [4.69, 9.17) is 10.7 Å². The van der Waals surface area contributed by atoms with Gasteiger partial charge in [-0.15, -0.1) is 11.8 Å². The van der Waals surface area contributed by atoms with Crippen LogP contribution in [0.1, 0.15) is 0 Å². The molecule has 0 spiro atoms. The van der Waals surface area contributed by atoms with Gasteiger partial charge in [-0.2, -0.15) is 0 Å². The van der Waals surface area contributed by atoms with E-state index in [1.807, 2.05) is 12.1 Å². The number of para-hydroxylation sites is 1. The lowest BCUT2D eigenvalue weighted by atomic mass is 10.1. The maximum atomic E-state index is 6.44. The van der Waals surface area contributed by atoms with Crippen LogP contribution < -0.4 is 16.0 Å². The van der Waals surface area contributed by atoms with Crippen LogP contribution >= 0.6 is 11.8 Å². The van der Waals surface area contributed by atoms with E-state index in [-0.39, 0.29) is 0 Å². The molecule has 7 nitrogen and oxygen atoms in total. The number of nitrogens with zero attached hydrogens (tertiary/aromatic N) is 5. The molecular formula is C25H31N7S. The predicted molar refractivity (Wildman–Crippen MR) is 142 cm³/mol. The van der Waals surface area contributed by atoms with Gasteiger partial charge in [0.2, 0.25) is 5.95 Å². The second kappa shape index (κ2) is 9.72. The first-order chi connectivity index (χ1) is 15.9. The number of nitrogen functional groups attached to an aromatic ring is 1. The molecule has 172 valence electrons. The molecule has 0 bridgehead atoms. The molecule has 0 amide bonds. The quantitative estimate of drug-likeness (QED) is 0.291. The number of hydrogen-bond donors (Lipinski definition) is 2. The Balaban J connectivity index is 1.63. The molecule has 4 rings (SSSR count). The summed E-state index contributed by atoms with van der Waals surface area (Å²) in [4.78, 5) is 14.7. The fraction of sp³-hybridized carbons (Fsp3) is 0.280. The molecule has 33 heavy (non-hydrogen) atoms. The largest absolute Gasteiger partial charge is 0.397 e. The minimum Gasteiger partial charge on any atom is -0.397 e. The molecule has 0 saturated carbocycles. The number of aromatic nitrogens is 3. The molecule has 2 aromatic heterocycles. The predicted octanol–water partition coefficient (Wildman–Crippen LogP) is 4.68. The van der Waals surface area contributed by atoms with E-state index in [1.165, 1.54) is 10.9 Å². The third-order valence-corrected chi connectivity index (χ3v) is 6.50. The van der Waals surface area contributed by atoms with Crippen molar-refractivity contribution in [3.05, 3.63) is 54.9 Å². The third-order valence-electron chi connectivity index (χ3n) is 5.72. The molecule has 0 aliphatic rings. The zero-order valence-corrected chi connectivity index (χ0v) is 20.6. The van der Waals surface area contributed by atoms with E-state index in [9.17, 15) is 0 Å². The lowest BCUT2D eigenvalue weighted by Gasteiger charge is -2.24. The maximum Gasteiger partial charge on any atom is 0.227 e. The Morgan fingerprint density at radius 3 is 2.64 bits per heavy atom. The SMILES string of the molecule is CSc1cc(N(C)CCN(C)C)c(N)cc1Nc1nccc(-c2cn(C)c3ccccc23)n1. The topological polar surface area (TPSA) is 75.2 Å². The van der Waals surface area contributed by atoms with Crippen molar-refractivity contribution >= 4 is 45.7 Å². The Hall–Kier alpha value is -3.23. The molecule has 0 atom stereocenters. The summed E-state index contributed by atoms with van der Waals surface area (Å²) in [5.74, 6) is 0.545. The second-order valence-electron chi connectivity index (χ2n) is 8.40. The van der Waals surface area contributed by atoms with E-state index in [1.54, 1.807) is 18.0 Å². The summed E-state index contributed by atoms with van der Waals surface area (Å²) in [5.41, 5.74) is 12.2. The highest BCUT2D eigenvalue weighted by Gasteiger charge is 2.14. The van der Waals surface area contributed by atoms with Gasteiger partial charge in [-0.1, -0.05) is 18.2 Å². The number of rotatable bonds is 8. The van der Waals surface area contributed by atoms with Crippen molar-refractivity contribution in [3.8, 4) is 11.3 Å².